The second-order valence-electron chi connectivity index (χ2n) is 3.89. The Bertz CT molecular complexity index is 264. The molecule has 3 heteroatoms. The van der Waals surface area contributed by atoms with E-state index >= 15 is 0 Å². The molecule has 0 saturated carbocycles. The topological polar surface area (TPSA) is 34.1 Å². The second-order valence-corrected chi connectivity index (χ2v) is 3.89. The predicted octanol–water partition coefficient (Wildman–Crippen LogP) is 2.03. The van der Waals surface area contributed by atoms with Crippen molar-refractivity contribution >= 4 is 0 Å². The summed E-state index contributed by atoms with van der Waals surface area (Å²) >= 11 is 0. The number of nitrogens with one attached hydrogen (secondary N) is 1. The Morgan fingerprint density at radius 2 is 2.31 bits per heavy atom. The van der Waals surface area contributed by atoms with Gasteiger partial charge in [-0.2, -0.15) is 0 Å². The number of rotatable bonds is 8. The van der Waals surface area contributed by atoms with Gasteiger partial charge >= 0.3 is 0 Å². The van der Waals surface area contributed by atoms with E-state index in [4.69, 9.17) is 4.74 Å². The molecule has 90 valence electrons. The van der Waals surface area contributed by atoms with Crippen LogP contribution in [0.4, 0.5) is 0 Å². The lowest BCUT2D eigenvalue weighted by atomic mass is 10.1. The number of hydrogen-bond acceptors (Lipinski definition) is 3. The van der Waals surface area contributed by atoms with Crippen LogP contribution in [0, 0.1) is 0 Å². The number of pyridine rings is 1. The third kappa shape index (κ3) is 5.24. The third-order valence-electron chi connectivity index (χ3n) is 2.37. The van der Waals surface area contributed by atoms with E-state index in [1.165, 1.54) is 5.56 Å². The second kappa shape index (κ2) is 8.25. The SMILES string of the molecule is CCCOCC(Cc1cccnc1)NCC. The van der Waals surface area contributed by atoms with E-state index in [9.17, 15) is 0 Å². The molecule has 1 N–H and O–H groups in total. The van der Waals surface area contributed by atoms with E-state index in [1.807, 2.05) is 12.3 Å². The average molecular weight is 222 g/mol. The minimum absolute atomic E-state index is 0.390. The van der Waals surface area contributed by atoms with Gasteiger partial charge in [-0.25, -0.2) is 0 Å². The van der Waals surface area contributed by atoms with Crippen LogP contribution in [0.15, 0.2) is 24.5 Å². The van der Waals surface area contributed by atoms with Gasteiger partial charge in [0, 0.05) is 25.0 Å². The zero-order valence-electron chi connectivity index (χ0n) is 10.3. The van der Waals surface area contributed by atoms with Crippen molar-refractivity contribution in [2.45, 2.75) is 32.7 Å². The van der Waals surface area contributed by atoms with Crippen molar-refractivity contribution in [1.29, 1.82) is 0 Å². The van der Waals surface area contributed by atoms with Crippen molar-refractivity contribution in [1.82, 2.24) is 10.3 Å². The van der Waals surface area contributed by atoms with Gasteiger partial charge < -0.3 is 10.1 Å². The van der Waals surface area contributed by atoms with Gasteiger partial charge in [0.05, 0.1) is 6.61 Å². The molecule has 3 nitrogen and oxygen atoms in total. The number of hydrogen-bond donors (Lipinski definition) is 1. The highest BCUT2D eigenvalue weighted by Crippen LogP contribution is 2.02. The molecule has 1 heterocycles. The van der Waals surface area contributed by atoms with E-state index in [0.717, 1.165) is 32.6 Å². The molecule has 0 radical (unpaired) electrons. The van der Waals surface area contributed by atoms with Crippen LogP contribution in [-0.4, -0.2) is 30.8 Å². The fraction of sp³-hybridized carbons (Fsp3) is 0.615. The van der Waals surface area contributed by atoms with Gasteiger partial charge in [0.2, 0.25) is 0 Å². The molecular weight excluding hydrogens is 200 g/mol. The molecule has 0 amide bonds. The Balaban J connectivity index is 2.38. The van der Waals surface area contributed by atoms with Crippen molar-refractivity contribution in [3.63, 3.8) is 0 Å². The lowest BCUT2D eigenvalue weighted by Crippen LogP contribution is -2.35. The van der Waals surface area contributed by atoms with Crippen LogP contribution in [0.1, 0.15) is 25.8 Å². The summed E-state index contributed by atoms with van der Waals surface area (Å²) in [4.78, 5) is 4.13. The molecular formula is C13H22N2O. The molecule has 1 aromatic rings. The minimum atomic E-state index is 0.390. The van der Waals surface area contributed by atoms with Crippen molar-refractivity contribution in [2.24, 2.45) is 0 Å². The molecule has 16 heavy (non-hydrogen) atoms. The number of ether oxygens (including phenoxy) is 1. The Morgan fingerprint density at radius 3 is 2.94 bits per heavy atom. The van der Waals surface area contributed by atoms with Crippen LogP contribution < -0.4 is 5.32 Å². The van der Waals surface area contributed by atoms with Crippen LogP contribution in [-0.2, 0) is 11.2 Å². The normalized spacial score (nSPS) is 12.6. The Hall–Kier alpha value is -0.930. The van der Waals surface area contributed by atoms with Gasteiger partial charge in [0.15, 0.2) is 0 Å². The van der Waals surface area contributed by atoms with Gasteiger partial charge in [-0.3, -0.25) is 4.98 Å². The molecule has 1 atom stereocenters. The van der Waals surface area contributed by atoms with Gasteiger partial charge in [-0.05, 0) is 31.0 Å². The summed E-state index contributed by atoms with van der Waals surface area (Å²) in [5.74, 6) is 0. The summed E-state index contributed by atoms with van der Waals surface area (Å²) in [6.45, 7) is 6.84. The van der Waals surface area contributed by atoms with E-state index in [0.29, 0.717) is 6.04 Å². The zero-order chi connectivity index (χ0) is 11.6. The van der Waals surface area contributed by atoms with Crippen molar-refractivity contribution in [3.8, 4) is 0 Å². The maximum atomic E-state index is 5.59. The van der Waals surface area contributed by atoms with Crippen LogP contribution in [0.3, 0.4) is 0 Å². The summed E-state index contributed by atoms with van der Waals surface area (Å²) in [5, 5.41) is 3.44. The number of likely N-dealkylation sites (N-methyl/N-ethyl adjacent to an activating group) is 1. The first kappa shape index (κ1) is 13.1. The Kier molecular flexibility index (Phi) is 6.77. The van der Waals surface area contributed by atoms with E-state index < -0.39 is 0 Å². The summed E-state index contributed by atoms with van der Waals surface area (Å²) < 4.78 is 5.59. The third-order valence-corrected chi connectivity index (χ3v) is 2.37. The standard InChI is InChI=1S/C13H22N2O/c1-3-8-16-11-13(15-4-2)9-12-6-5-7-14-10-12/h5-7,10,13,15H,3-4,8-9,11H2,1-2H3. The smallest absolute Gasteiger partial charge is 0.0622 e. The largest absolute Gasteiger partial charge is 0.380 e. The van der Waals surface area contributed by atoms with Gasteiger partial charge in [0.1, 0.15) is 0 Å². The van der Waals surface area contributed by atoms with E-state index in [2.05, 4.69) is 30.2 Å². The van der Waals surface area contributed by atoms with Crippen molar-refractivity contribution < 1.29 is 4.74 Å². The van der Waals surface area contributed by atoms with Crippen LogP contribution >= 0.6 is 0 Å². The van der Waals surface area contributed by atoms with Gasteiger partial charge in [-0.1, -0.05) is 19.9 Å². The highest BCUT2D eigenvalue weighted by molar-refractivity contribution is 5.10. The molecule has 0 aromatic carbocycles. The molecule has 0 aliphatic heterocycles. The lowest BCUT2D eigenvalue weighted by Gasteiger charge is -2.17. The van der Waals surface area contributed by atoms with Crippen molar-refractivity contribution in [3.05, 3.63) is 30.1 Å². The van der Waals surface area contributed by atoms with Gasteiger partial charge in [0.25, 0.3) is 0 Å². The predicted molar refractivity (Wildman–Crippen MR) is 66.5 cm³/mol. The Labute approximate surface area is 98.2 Å². The highest BCUT2D eigenvalue weighted by Gasteiger charge is 2.08. The van der Waals surface area contributed by atoms with Crippen LogP contribution in [0.25, 0.3) is 0 Å². The molecule has 0 spiro atoms. The van der Waals surface area contributed by atoms with Crippen LogP contribution in [0.2, 0.25) is 0 Å². The molecule has 0 aliphatic carbocycles. The lowest BCUT2D eigenvalue weighted by molar-refractivity contribution is 0.112. The molecule has 1 unspecified atom stereocenters. The fourth-order valence-electron chi connectivity index (χ4n) is 1.65. The quantitative estimate of drug-likeness (QED) is 0.683. The summed E-state index contributed by atoms with van der Waals surface area (Å²) in [6, 6.07) is 4.48. The highest BCUT2D eigenvalue weighted by atomic mass is 16.5. The first-order valence-corrected chi connectivity index (χ1v) is 6.06. The molecule has 1 aromatic heterocycles. The molecule has 1 rings (SSSR count). The number of nitrogens with zero attached hydrogens (tertiary/aromatic N) is 1. The Morgan fingerprint density at radius 1 is 1.44 bits per heavy atom. The maximum absolute atomic E-state index is 5.59. The fourth-order valence-corrected chi connectivity index (χ4v) is 1.65. The van der Waals surface area contributed by atoms with E-state index in [1.54, 1.807) is 6.20 Å². The molecule has 0 aliphatic rings. The first-order chi connectivity index (χ1) is 7.86. The van der Waals surface area contributed by atoms with Crippen molar-refractivity contribution in [2.75, 3.05) is 19.8 Å². The summed E-state index contributed by atoms with van der Waals surface area (Å²) in [7, 11) is 0. The van der Waals surface area contributed by atoms with E-state index in [-0.39, 0.29) is 0 Å². The van der Waals surface area contributed by atoms with Gasteiger partial charge in [-0.15, -0.1) is 0 Å². The molecule has 0 bridgehead atoms. The molecule has 0 saturated heterocycles. The summed E-state index contributed by atoms with van der Waals surface area (Å²) in [5.41, 5.74) is 1.26. The average Bonchev–Trinajstić information content (AvgIpc) is 2.31. The number of aromatic nitrogens is 1. The molecule has 0 fully saturated rings. The first-order valence-electron chi connectivity index (χ1n) is 6.06. The zero-order valence-corrected chi connectivity index (χ0v) is 10.3. The summed E-state index contributed by atoms with van der Waals surface area (Å²) in [6.07, 6.45) is 5.78. The monoisotopic (exact) mass is 222 g/mol. The van der Waals surface area contributed by atoms with Crippen LogP contribution in [0.5, 0.6) is 0 Å². The maximum Gasteiger partial charge on any atom is 0.0622 e. The minimum Gasteiger partial charge on any atom is -0.380 e.